The largest absolute Gasteiger partial charge is 0.496 e. The third-order valence-electron chi connectivity index (χ3n) is 4.75. The molecule has 27 heavy (non-hydrogen) atoms. The van der Waals surface area contributed by atoms with Gasteiger partial charge in [0.05, 0.1) is 19.2 Å². The van der Waals surface area contributed by atoms with Gasteiger partial charge in [-0.05, 0) is 30.0 Å². The molecule has 4 rings (SSSR count). The molecule has 4 aromatic rings. The lowest BCUT2D eigenvalue weighted by Crippen LogP contribution is -2.13. The van der Waals surface area contributed by atoms with Crippen LogP contribution in [0.15, 0.2) is 66.7 Å². The highest BCUT2D eigenvalue weighted by molar-refractivity contribution is 6.11. The van der Waals surface area contributed by atoms with E-state index < -0.39 is 0 Å². The van der Waals surface area contributed by atoms with Crippen molar-refractivity contribution in [2.75, 3.05) is 13.7 Å². The van der Waals surface area contributed by atoms with E-state index in [1.165, 1.54) is 0 Å². The third-order valence-corrected chi connectivity index (χ3v) is 4.75. The number of rotatable bonds is 5. The SMILES string of the molecule is CCOC(=O)c1cc2c(OC)cc3ccccc3c2n1Cc1ccccc1. The zero-order chi connectivity index (χ0) is 18.8. The maximum Gasteiger partial charge on any atom is 0.354 e. The predicted octanol–water partition coefficient (Wildman–Crippen LogP) is 5.03. The van der Waals surface area contributed by atoms with E-state index in [4.69, 9.17) is 9.47 Å². The van der Waals surface area contributed by atoms with Crippen LogP contribution in [0.3, 0.4) is 0 Å². The molecule has 0 aliphatic rings. The second-order valence-electron chi connectivity index (χ2n) is 6.38. The number of carbonyl (C=O) groups excluding carboxylic acids is 1. The molecule has 0 fully saturated rings. The fraction of sp³-hybridized carbons (Fsp3) is 0.174. The van der Waals surface area contributed by atoms with Crippen molar-refractivity contribution in [1.82, 2.24) is 4.57 Å². The fourth-order valence-electron chi connectivity index (χ4n) is 3.56. The van der Waals surface area contributed by atoms with Crippen molar-refractivity contribution in [1.29, 1.82) is 0 Å². The number of fused-ring (bicyclic) bond motifs is 3. The van der Waals surface area contributed by atoms with E-state index in [0.717, 1.165) is 33.0 Å². The number of methoxy groups -OCH3 is 1. The number of carbonyl (C=O) groups is 1. The predicted molar refractivity (Wildman–Crippen MR) is 107 cm³/mol. The van der Waals surface area contributed by atoms with Crippen LogP contribution in [0.1, 0.15) is 23.0 Å². The van der Waals surface area contributed by atoms with Gasteiger partial charge >= 0.3 is 5.97 Å². The lowest BCUT2D eigenvalue weighted by atomic mass is 10.1. The second-order valence-corrected chi connectivity index (χ2v) is 6.38. The Bertz CT molecular complexity index is 1110. The molecule has 3 aromatic carbocycles. The van der Waals surface area contributed by atoms with Gasteiger partial charge in [0.15, 0.2) is 0 Å². The average molecular weight is 359 g/mol. The Hall–Kier alpha value is -3.27. The molecule has 0 radical (unpaired) electrons. The Morgan fingerprint density at radius 2 is 1.70 bits per heavy atom. The molecule has 0 N–H and O–H groups in total. The van der Waals surface area contributed by atoms with E-state index in [-0.39, 0.29) is 5.97 Å². The van der Waals surface area contributed by atoms with Crippen LogP contribution in [0.5, 0.6) is 5.75 Å². The minimum atomic E-state index is -0.323. The molecule has 0 aliphatic heterocycles. The van der Waals surface area contributed by atoms with Crippen LogP contribution < -0.4 is 4.74 Å². The topological polar surface area (TPSA) is 40.5 Å². The smallest absolute Gasteiger partial charge is 0.354 e. The van der Waals surface area contributed by atoms with E-state index in [9.17, 15) is 4.79 Å². The van der Waals surface area contributed by atoms with Crippen LogP contribution in [0, 0.1) is 0 Å². The van der Waals surface area contributed by atoms with Gasteiger partial charge in [-0.25, -0.2) is 4.79 Å². The Morgan fingerprint density at radius 3 is 2.44 bits per heavy atom. The first-order valence-electron chi connectivity index (χ1n) is 9.03. The summed E-state index contributed by atoms with van der Waals surface area (Å²) in [5.74, 6) is 0.428. The van der Waals surface area contributed by atoms with E-state index in [0.29, 0.717) is 18.8 Å². The van der Waals surface area contributed by atoms with E-state index in [1.807, 2.05) is 54.0 Å². The normalized spacial score (nSPS) is 11.0. The number of ether oxygens (including phenoxy) is 2. The molecular formula is C23H21NO3. The zero-order valence-electron chi connectivity index (χ0n) is 15.4. The van der Waals surface area contributed by atoms with Crippen molar-refractivity contribution in [2.24, 2.45) is 0 Å². The summed E-state index contributed by atoms with van der Waals surface area (Å²) in [4.78, 5) is 12.7. The van der Waals surface area contributed by atoms with Gasteiger partial charge in [-0.2, -0.15) is 0 Å². The highest BCUT2D eigenvalue weighted by atomic mass is 16.5. The highest BCUT2D eigenvalue weighted by Gasteiger charge is 2.21. The lowest BCUT2D eigenvalue weighted by molar-refractivity contribution is 0.0515. The summed E-state index contributed by atoms with van der Waals surface area (Å²) in [6.07, 6.45) is 0. The van der Waals surface area contributed by atoms with Gasteiger partial charge in [0.2, 0.25) is 0 Å². The molecule has 1 heterocycles. The molecule has 0 amide bonds. The summed E-state index contributed by atoms with van der Waals surface area (Å²) in [6.45, 7) is 2.73. The van der Waals surface area contributed by atoms with Gasteiger partial charge in [0.1, 0.15) is 11.4 Å². The fourth-order valence-corrected chi connectivity index (χ4v) is 3.56. The quantitative estimate of drug-likeness (QED) is 0.469. The molecule has 136 valence electrons. The van der Waals surface area contributed by atoms with Crippen molar-refractivity contribution >= 4 is 27.6 Å². The van der Waals surface area contributed by atoms with Crippen molar-refractivity contribution in [3.05, 3.63) is 78.0 Å². The van der Waals surface area contributed by atoms with Crippen LogP contribution in [-0.4, -0.2) is 24.3 Å². The summed E-state index contributed by atoms with van der Waals surface area (Å²) in [6, 6.07) is 22.2. The Morgan fingerprint density at radius 1 is 0.963 bits per heavy atom. The summed E-state index contributed by atoms with van der Waals surface area (Å²) in [7, 11) is 1.65. The average Bonchev–Trinajstić information content (AvgIpc) is 3.08. The molecule has 0 saturated heterocycles. The van der Waals surface area contributed by atoms with Crippen molar-refractivity contribution in [3.63, 3.8) is 0 Å². The molecule has 0 unspecified atom stereocenters. The number of hydrogen-bond donors (Lipinski definition) is 0. The Kier molecular flexibility index (Phi) is 4.55. The van der Waals surface area contributed by atoms with Gasteiger partial charge in [-0.1, -0.05) is 54.6 Å². The summed E-state index contributed by atoms with van der Waals surface area (Å²) in [5, 5.41) is 3.07. The van der Waals surface area contributed by atoms with Gasteiger partial charge in [0.25, 0.3) is 0 Å². The Labute approximate surface area is 157 Å². The highest BCUT2D eigenvalue weighted by Crippen LogP contribution is 2.36. The van der Waals surface area contributed by atoms with Gasteiger partial charge in [-0.3, -0.25) is 0 Å². The maximum absolute atomic E-state index is 12.7. The standard InChI is InChI=1S/C23H21NO3/c1-3-27-23(25)20-14-19-21(26-2)13-17-11-7-8-12-18(17)22(19)24(20)15-16-9-5-4-6-10-16/h4-14H,3,15H2,1-2H3. The van der Waals surface area contributed by atoms with Crippen LogP contribution in [-0.2, 0) is 11.3 Å². The first kappa shape index (κ1) is 17.2. The molecule has 0 atom stereocenters. The van der Waals surface area contributed by atoms with Crippen molar-refractivity contribution in [2.45, 2.75) is 13.5 Å². The minimum Gasteiger partial charge on any atom is -0.496 e. The lowest BCUT2D eigenvalue weighted by Gasteiger charge is -2.13. The second kappa shape index (κ2) is 7.16. The van der Waals surface area contributed by atoms with E-state index in [2.05, 4.69) is 24.3 Å². The number of benzene rings is 3. The molecule has 0 spiro atoms. The number of aromatic nitrogens is 1. The first-order valence-corrected chi connectivity index (χ1v) is 9.03. The summed E-state index contributed by atoms with van der Waals surface area (Å²) >= 11 is 0. The van der Waals surface area contributed by atoms with Gasteiger partial charge in [-0.15, -0.1) is 0 Å². The maximum atomic E-state index is 12.7. The van der Waals surface area contributed by atoms with E-state index in [1.54, 1.807) is 7.11 Å². The summed E-state index contributed by atoms with van der Waals surface area (Å²) in [5.41, 5.74) is 2.63. The number of nitrogens with zero attached hydrogens (tertiary/aromatic N) is 1. The molecule has 1 aromatic heterocycles. The first-order chi connectivity index (χ1) is 13.2. The van der Waals surface area contributed by atoms with Gasteiger partial charge < -0.3 is 14.0 Å². The molecular weight excluding hydrogens is 338 g/mol. The Balaban J connectivity index is 2.05. The number of esters is 1. The van der Waals surface area contributed by atoms with Gasteiger partial charge in [0, 0.05) is 17.3 Å². The van der Waals surface area contributed by atoms with Crippen molar-refractivity contribution < 1.29 is 14.3 Å². The molecule has 0 saturated carbocycles. The zero-order valence-corrected chi connectivity index (χ0v) is 15.4. The van der Waals surface area contributed by atoms with Crippen LogP contribution in [0.4, 0.5) is 0 Å². The summed E-state index contributed by atoms with van der Waals surface area (Å²) < 4.78 is 13.0. The van der Waals surface area contributed by atoms with Crippen molar-refractivity contribution in [3.8, 4) is 5.75 Å². The molecule has 0 aliphatic carbocycles. The molecule has 4 nitrogen and oxygen atoms in total. The molecule has 4 heteroatoms. The monoisotopic (exact) mass is 359 g/mol. The third kappa shape index (κ3) is 3.04. The van der Waals surface area contributed by atoms with E-state index >= 15 is 0 Å². The van der Waals surface area contributed by atoms with Crippen LogP contribution >= 0.6 is 0 Å². The minimum absolute atomic E-state index is 0.323. The van der Waals surface area contributed by atoms with Crippen LogP contribution in [0.2, 0.25) is 0 Å². The molecule has 0 bridgehead atoms. The van der Waals surface area contributed by atoms with Crippen LogP contribution in [0.25, 0.3) is 21.7 Å². The number of hydrogen-bond acceptors (Lipinski definition) is 3.